The zero-order chi connectivity index (χ0) is 12.4. The molecule has 0 spiro atoms. The molecule has 0 bridgehead atoms. The van der Waals surface area contributed by atoms with Crippen molar-refractivity contribution in [2.45, 2.75) is 26.7 Å². The zero-order valence-corrected chi connectivity index (χ0v) is 10.6. The largest absolute Gasteiger partial charge is 0.496 e. The smallest absolute Gasteiger partial charge is 0.184 e. The lowest BCUT2D eigenvalue weighted by atomic mass is 9.99. The van der Waals surface area contributed by atoms with Gasteiger partial charge in [0.05, 0.1) is 12.7 Å². The lowest BCUT2D eigenvalue weighted by molar-refractivity contribution is 0.409. The van der Waals surface area contributed by atoms with Crippen LogP contribution >= 0.6 is 0 Å². The molecule has 4 nitrogen and oxygen atoms in total. The van der Waals surface area contributed by atoms with Gasteiger partial charge >= 0.3 is 0 Å². The van der Waals surface area contributed by atoms with Crippen LogP contribution in [0.5, 0.6) is 5.75 Å². The van der Waals surface area contributed by atoms with Crippen molar-refractivity contribution in [3.8, 4) is 17.1 Å². The summed E-state index contributed by atoms with van der Waals surface area (Å²) in [6.07, 6.45) is 0. The summed E-state index contributed by atoms with van der Waals surface area (Å²) in [6.45, 7) is 6.17. The molecule has 1 N–H and O–H groups in total. The summed E-state index contributed by atoms with van der Waals surface area (Å²) in [7, 11) is 1.68. The van der Waals surface area contributed by atoms with E-state index in [0.29, 0.717) is 11.7 Å². The molecule has 1 aromatic heterocycles. The number of hydrogen-bond acceptors (Lipinski definition) is 3. The fourth-order valence-electron chi connectivity index (χ4n) is 1.88. The third-order valence-corrected chi connectivity index (χ3v) is 2.71. The molecule has 1 aromatic carbocycles. The molecule has 90 valence electrons. The van der Waals surface area contributed by atoms with Gasteiger partial charge in [-0.2, -0.15) is 5.10 Å². The molecule has 0 saturated carbocycles. The molecule has 0 unspecified atom stereocenters. The number of ether oxygens (including phenoxy) is 1. The van der Waals surface area contributed by atoms with Crippen LogP contribution in [0.25, 0.3) is 11.4 Å². The number of aryl methyl sites for hydroxylation is 1. The minimum absolute atomic E-state index is 0.407. The monoisotopic (exact) mass is 231 g/mol. The number of rotatable bonds is 3. The number of hydrogen-bond donors (Lipinski definition) is 1. The maximum absolute atomic E-state index is 5.51. The van der Waals surface area contributed by atoms with Crippen molar-refractivity contribution in [1.82, 2.24) is 15.2 Å². The Morgan fingerprint density at radius 3 is 2.59 bits per heavy atom. The average Bonchev–Trinajstić information content (AvgIpc) is 2.74. The predicted molar refractivity (Wildman–Crippen MR) is 67.2 cm³/mol. The quantitative estimate of drug-likeness (QED) is 0.883. The second-order valence-corrected chi connectivity index (χ2v) is 4.33. The molecule has 0 atom stereocenters. The van der Waals surface area contributed by atoms with Gasteiger partial charge in [0.1, 0.15) is 11.6 Å². The maximum Gasteiger partial charge on any atom is 0.184 e. The van der Waals surface area contributed by atoms with Gasteiger partial charge in [0, 0.05) is 0 Å². The molecule has 0 aliphatic carbocycles. The third kappa shape index (κ3) is 2.16. The van der Waals surface area contributed by atoms with Gasteiger partial charge in [-0.25, -0.2) is 4.98 Å². The van der Waals surface area contributed by atoms with E-state index in [1.807, 2.05) is 19.1 Å². The minimum atomic E-state index is 0.407. The Bertz CT molecular complexity index is 517. The second kappa shape index (κ2) is 4.57. The summed E-state index contributed by atoms with van der Waals surface area (Å²) in [5, 5.41) is 7.03. The van der Waals surface area contributed by atoms with Crippen LogP contribution < -0.4 is 4.74 Å². The van der Waals surface area contributed by atoms with Crippen molar-refractivity contribution in [2.24, 2.45) is 0 Å². The van der Waals surface area contributed by atoms with Crippen LogP contribution in [0, 0.1) is 6.92 Å². The first-order valence-electron chi connectivity index (χ1n) is 5.69. The predicted octanol–water partition coefficient (Wildman–Crippen LogP) is 2.91. The third-order valence-electron chi connectivity index (χ3n) is 2.71. The van der Waals surface area contributed by atoms with Crippen molar-refractivity contribution in [3.05, 3.63) is 29.6 Å². The van der Waals surface area contributed by atoms with Crippen LogP contribution in [0.1, 0.15) is 31.2 Å². The van der Waals surface area contributed by atoms with Gasteiger partial charge in [-0.1, -0.05) is 26.0 Å². The molecule has 0 saturated heterocycles. The van der Waals surface area contributed by atoms with Crippen LogP contribution in [-0.2, 0) is 0 Å². The Hall–Kier alpha value is -1.84. The van der Waals surface area contributed by atoms with Crippen LogP contribution in [-0.4, -0.2) is 22.3 Å². The van der Waals surface area contributed by atoms with E-state index in [0.717, 1.165) is 17.1 Å². The Labute approximate surface area is 101 Å². The molecule has 0 radical (unpaired) electrons. The number of nitrogens with one attached hydrogen (secondary N) is 1. The first kappa shape index (κ1) is 11.6. The highest BCUT2D eigenvalue weighted by molar-refractivity contribution is 5.66. The summed E-state index contributed by atoms with van der Waals surface area (Å²) in [5.74, 6) is 2.75. The van der Waals surface area contributed by atoms with Gasteiger partial charge in [0.25, 0.3) is 0 Å². The highest BCUT2D eigenvalue weighted by Crippen LogP contribution is 2.34. The molecule has 0 aliphatic heterocycles. The van der Waals surface area contributed by atoms with Crippen LogP contribution in [0.15, 0.2) is 18.2 Å². The number of benzene rings is 1. The molecular formula is C13H17N3O. The summed E-state index contributed by atoms with van der Waals surface area (Å²) in [5.41, 5.74) is 2.11. The van der Waals surface area contributed by atoms with Gasteiger partial charge in [0.2, 0.25) is 0 Å². The lowest BCUT2D eigenvalue weighted by Gasteiger charge is -2.14. The fraction of sp³-hybridized carbons (Fsp3) is 0.385. The summed E-state index contributed by atoms with van der Waals surface area (Å²) in [6, 6.07) is 6.07. The normalized spacial score (nSPS) is 10.9. The molecule has 2 aromatic rings. The maximum atomic E-state index is 5.51. The van der Waals surface area contributed by atoms with Gasteiger partial charge in [-0.15, -0.1) is 0 Å². The summed E-state index contributed by atoms with van der Waals surface area (Å²) < 4.78 is 5.51. The highest BCUT2D eigenvalue weighted by atomic mass is 16.5. The van der Waals surface area contributed by atoms with E-state index in [4.69, 9.17) is 4.74 Å². The molecule has 2 rings (SSSR count). The first-order valence-corrected chi connectivity index (χ1v) is 5.69. The molecular weight excluding hydrogens is 214 g/mol. The fourth-order valence-corrected chi connectivity index (χ4v) is 1.88. The molecule has 0 amide bonds. The summed E-state index contributed by atoms with van der Waals surface area (Å²) >= 11 is 0. The van der Waals surface area contributed by atoms with E-state index in [9.17, 15) is 0 Å². The molecule has 17 heavy (non-hydrogen) atoms. The van der Waals surface area contributed by atoms with Crippen molar-refractivity contribution in [1.29, 1.82) is 0 Å². The number of methoxy groups -OCH3 is 1. The van der Waals surface area contributed by atoms with E-state index in [1.54, 1.807) is 7.11 Å². The topological polar surface area (TPSA) is 50.8 Å². The van der Waals surface area contributed by atoms with Crippen LogP contribution in [0.4, 0.5) is 0 Å². The van der Waals surface area contributed by atoms with E-state index < -0.39 is 0 Å². The average molecular weight is 231 g/mol. The van der Waals surface area contributed by atoms with Crippen molar-refractivity contribution in [3.63, 3.8) is 0 Å². The van der Waals surface area contributed by atoms with Gasteiger partial charge in [-0.3, -0.25) is 5.10 Å². The molecule has 1 heterocycles. The van der Waals surface area contributed by atoms with Crippen molar-refractivity contribution >= 4 is 0 Å². The molecule has 0 fully saturated rings. The van der Waals surface area contributed by atoms with Crippen LogP contribution in [0.3, 0.4) is 0 Å². The Morgan fingerprint density at radius 2 is 2.06 bits per heavy atom. The Balaban J connectivity index is 2.58. The van der Waals surface area contributed by atoms with Gasteiger partial charge < -0.3 is 4.74 Å². The minimum Gasteiger partial charge on any atom is -0.496 e. The van der Waals surface area contributed by atoms with Gasteiger partial charge in [-0.05, 0) is 24.5 Å². The Morgan fingerprint density at radius 1 is 1.29 bits per heavy atom. The van der Waals surface area contributed by atoms with E-state index >= 15 is 0 Å². The highest BCUT2D eigenvalue weighted by Gasteiger charge is 2.15. The Kier molecular flexibility index (Phi) is 3.13. The number of aromatic nitrogens is 3. The molecule has 0 aliphatic rings. The first-order chi connectivity index (χ1) is 8.13. The number of H-pyrrole nitrogens is 1. The SMILES string of the molecule is COc1c(-c2n[nH]c(C)n2)cccc1C(C)C. The van der Waals surface area contributed by atoms with Crippen LogP contribution in [0.2, 0.25) is 0 Å². The van der Waals surface area contributed by atoms with Crippen molar-refractivity contribution in [2.75, 3.05) is 7.11 Å². The lowest BCUT2D eigenvalue weighted by Crippen LogP contribution is -1.97. The summed E-state index contributed by atoms with van der Waals surface area (Å²) in [4.78, 5) is 4.34. The number of aromatic amines is 1. The number of nitrogens with zero attached hydrogens (tertiary/aromatic N) is 2. The molecule has 4 heteroatoms. The second-order valence-electron chi connectivity index (χ2n) is 4.33. The van der Waals surface area contributed by atoms with Gasteiger partial charge in [0.15, 0.2) is 5.82 Å². The standard InChI is InChI=1S/C13H17N3O/c1-8(2)10-6-5-7-11(12(10)17-4)13-14-9(3)15-16-13/h5-8H,1-4H3,(H,14,15,16). The van der Waals surface area contributed by atoms with E-state index in [-0.39, 0.29) is 0 Å². The zero-order valence-electron chi connectivity index (χ0n) is 10.6. The van der Waals surface area contributed by atoms with Crippen molar-refractivity contribution < 1.29 is 4.74 Å². The van der Waals surface area contributed by atoms with E-state index in [2.05, 4.69) is 35.1 Å². The number of para-hydroxylation sites is 1. The van der Waals surface area contributed by atoms with E-state index in [1.165, 1.54) is 5.56 Å².